The number of anilines is 8. The van der Waals surface area contributed by atoms with E-state index in [1.807, 2.05) is 12.3 Å². The summed E-state index contributed by atoms with van der Waals surface area (Å²) in [6.45, 7) is 8.32. The van der Waals surface area contributed by atoms with Crippen LogP contribution in [0.5, 0.6) is 0 Å². The standard InChI is InChI=1S/C70H53B2N7.Pt/c1-49-24-19-25-50(2)67(49)71-76(55-32-13-7-14-33-55)64-44-43-57(74-48-75(63-41-18-17-40-62(63)74)69-60(53-28-9-5-10-29-53)38-22-39-61(69)54-30-11-6-12-31-54)47-66(64)78(71)58-36-21-37-59(46-58)79-70-65(42-23-45-73-70)77(56-34-15-8-16-35-56)72(79)68-51(3)26-20-27-52(68)4;/h5-45H,1-4H3;/q-2;. The molecule has 386 valence electrons. The van der Waals surface area contributed by atoms with Gasteiger partial charge in [0.05, 0.1) is 22.4 Å². The summed E-state index contributed by atoms with van der Waals surface area (Å²) in [6.07, 6.45) is 5.84. The van der Waals surface area contributed by atoms with Crippen LogP contribution in [0.15, 0.2) is 249 Å². The summed E-state index contributed by atoms with van der Waals surface area (Å²) in [4.78, 5) is 15.0. The average Bonchev–Trinajstić information content (AvgIpc) is 4.21. The number of pyridine rings is 1. The quantitative estimate of drug-likeness (QED) is 0.0774. The van der Waals surface area contributed by atoms with Crippen molar-refractivity contribution < 1.29 is 25.6 Å². The molecule has 2 aromatic heterocycles. The minimum absolute atomic E-state index is 0. The van der Waals surface area contributed by atoms with E-state index in [1.54, 1.807) is 0 Å². The molecule has 10 heteroatoms. The van der Waals surface area contributed by atoms with Crippen molar-refractivity contribution in [2.24, 2.45) is 0 Å². The van der Waals surface area contributed by atoms with Gasteiger partial charge in [0.2, 0.25) is 0 Å². The van der Waals surface area contributed by atoms with Crippen LogP contribution in [-0.4, -0.2) is 23.5 Å². The maximum atomic E-state index is 5.20. The van der Waals surface area contributed by atoms with Crippen LogP contribution < -0.4 is 34.7 Å². The second kappa shape index (κ2) is 20.9. The van der Waals surface area contributed by atoms with E-state index >= 15 is 0 Å². The molecule has 0 N–H and O–H groups in total. The molecular weight excluding hydrogens is 1160 g/mol. The van der Waals surface area contributed by atoms with E-state index in [9.17, 15) is 0 Å². The van der Waals surface area contributed by atoms with Gasteiger partial charge in [0.1, 0.15) is 5.82 Å². The number of aromatic nitrogens is 3. The number of benzene rings is 10. The van der Waals surface area contributed by atoms with Crippen molar-refractivity contribution in [1.29, 1.82) is 0 Å². The van der Waals surface area contributed by atoms with Gasteiger partial charge >= 0.3 is 14.0 Å². The fourth-order valence-corrected chi connectivity index (χ4v) is 12.3. The minimum Gasteiger partial charge on any atom is -0.415 e. The molecule has 7 nitrogen and oxygen atoms in total. The molecule has 0 spiro atoms. The Morgan fingerprint density at radius 2 is 0.887 bits per heavy atom. The van der Waals surface area contributed by atoms with E-state index < -0.39 is 0 Å². The molecule has 14 rings (SSSR count). The van der Waals surface area contributed by atoms with E-state index in [0.29, 0.717) is 0 Å². The Labute approximate surface area is 483 Å². The summed E-state index contributed by atoms with van der Waals surface area (Å²) in [6, 6.07) is 94.8. The fraction of sp³-hybridized carbons (Fsp3) is 0.0571. The summed E-state index contributed by atoms with van der Waals surface area (Å²) in [5, 5.41) is 0. The van der Waals surface area contributed by atoms with Crippen molar-refractivity contribution in [2.75, 3.05) is 19.2 Å². The molecule has 80 heavy (non-hydrogen) atoms. The molecule has 0 fully saturated rings. The van der Waals surface area contributed by atoms with E-state index in [0.717, 1.165) is 90.3 Å². The first kappa shape index (κ1) is 50.3. The zero-order valence-electron chi connectivity index (χ0n) is 44.8. The Hall–Kier alpha value is -9.16. The van der Waals surface area contributed by atoms with Gasteiger partial charge in [0.15, 0.2) is 0 Å². The third-order valence-electron chi connectivity index (χ3n) is 15.8. The molecule has 0 aliphatic carbocycles. The van der Waals surface area contributed by atoms with Crippen molar-refractivity contribution >= 4 is 81.6 Å². The molecular formula is C70H53B2N7Pt-2. The predicted octanol–water partition coefficient (Wildman–Crippen LogP) is 14.6. The second-order valence-corrected chi connectivity index (χ2v) is 20.5. The van der Waals surface area contributed by atoms with Gasteiger partial charge in [-0.2, -0.15) is 24.3 Å². The molecule has 12 aromatic rings. The SMILES string of the molecule is Cc1cccc(C)c1B1N(c2[c-]c(N3B(c4c(C)cccc4C)N(c4ccccc4)c4cccnc43)ccc2)c2[c-]c(-n3[c-][n+](-c4c(-c5ccccc5)cccc4-c4ccccc4)c4ccccc43)ccc2N1c1ccccc1.[Pt]. The third kappa shape index (κ3) is 8.43. The summed E-state index contributed by atoms with van der Waals surface area (Å²) in [7, 11) is 0. The van der Waals surface area contributed by atoms with Crippen molar-refractivity contribution in [2.45, 2.75) is 27.7 Å². The second-order valence-electron chi connectivity index (χ2n) is 20.5. The van der Waals surface area contributed by atoms with Crippen LogP contribution in [0.4, 0.5) is 45.6 Å². The van der Waals surface area contributed by atoms with Crippen LogP contribution in [0.1, 0.15) is 22.3 Å². The van der Waals surface area contributed by atoms with Gasteiger partial charge < -0.3 is 23.8 Å². The van der Waals surface area contributed by atoms with Gasteiger partial charge in [0.25, 0.3) is 6.33 Å². The summed E-state index contributed by atoms with van der Waals surface area (Å²) in [5.41, 5.74) is 22.6. The molecule has 0 saturated carbocycles. The smallest absolute Gasteiger partial charge is 0.415 e. The molecule has 0 unspecified atom stereocenters. The molecule has 0 atom stereocenters. The Kier molecular flexibility index (Phi) is 13.2. The maximum Gasteiger partial charge on any atom is 0.420 e. The normalized spacial score (nSPS) is 12.8. The maximum absolute atomic E-state index is 5.20. The molecule has 0 bridgehead atoms. The Balaban J connectivity index is 0.00000605. The number of para-hydroxylation sites is 5. The number of hydrogen-bond acceptors (Lipinski definition) is 5. The summed E-state index contributed by atoms with van der Waals surface area (Å²) >= 11 is 0. The van der Waals surface area contributed by atoms with Gasteiger partial charge in [-0.15, -0.1) is 18.2 Å². The number of hydrogen-bond donors (Lipinski definition) is 0. The Morgan fingerprint density at radius 1 is 0.400 bits per heavy atom. The van der Waals surface area contributed by atoms with Crippen molar-refractivity contribution in [3.05, 3.63) is 290 Å². The van der Waals surface area contributed by atoms with Crippen molar-refractivity contribution in [1.82, 2.24) is 9.55 Å². The van der Waals surface area contributed by atoms with Gasteiger partial charge in [-0.3, -0.25) is 4.57 Å². The van der Waals surface area contributed by atoms with E-state index in [2.05, 4.69) is 311 Å². The predicted molar refractivity (Wildman–Crippen MR) is 327 cm³/mol. The fourth-order valence-electron chi connectivity index (χ4n) is 12.3. The zero-order valence-corrected chi connectivity index (χ0v) is 47.0. The average molecular weight is 1210 g/mol. The summed E-state index contributed by atoms with van der Waals surface area (Å²) < 4.78 is 4.43. The van der Waals surface area contributed by atoms with Crippen LogP contribution in [0.2, 0.25) is 0 Å². The van der Waals surface area contributed by atoms with Crippen molar-refractivity contribution in [3.8, 4) is 33.6 Å². The van der Waals surface area contributed by atoms with Gasteiger partial charge in [-0.1, -0.05) is 221 Å². The largest absolute Gasteiger partial charge is 0.420 e. The molecule has 0 amide bonds. The van der Waals surface area contributed by atoms with Crippen LogP contribution in [-0.2, 0) is 21.1 Å². The van der Waals surface area contributed by atoms with Crippen LogP contribution in [0, 0.1) is 46.2 Å². The Bertz CT molecular complexity index is 4150. The van der Waals surface area contributed by atoms with Crippen LogP contribution in [0.3, 0.4) is 0 Å². The van der Waals surface area contributed by atoms with E-state index in [1.165, 1.54) is 33.2 Å². The van der Waals surface area contributed by atoms with E-state index in [-0.39, 0.29) is 35.0 Å². The zero-order chi connectivity index (χ0) is 53.1. The molecule has 10 aromatic carbocycles. The molecule has 2 aliphatic rings. The Morgan fingerprint density at radius 3 is 1.48 bits per heavy atom. The van der Waals surface area contributed by atoms with Gasteiger partial charge in [-0.05, 0) is 103 Å². The molecule has 4 heterocycles. The monoisotopic (exact) mass is 1210 g/mol. The molecule has 2 aliphatic heterocycles. The number of rotatable bonds is 10. The molecule has 0 radical (unpaired) electrons. The number of aryl methyl sites for hydroxylation is 4. The van der Waals surface area contributed by atoms with Gasteiger partial charge in [0, 0.05) is 38.6 Å². The number of nitrogens with zero attached hydrogens (tertiary/aromatic N) is 7. The van der Waals surface area contributed by atoms with E-state index in [4.69, 9.17) is 4.98 Å². The topological polar surface area (TPSA) is 34.7 Å². The molecule has 0 saturated heterocycles. The third-order valence-corrected chi connectivity index (χ3v) is 15.8. The summed E-state index contributed by atoms with van der Waals surface area (Å²) in [5.74, 6) is 0.868. The van der Waals surface area contributed by atoms with Crippen LogP contribution in [0.25, 0.3) is 44.7 Å². The first-order chi connectivity index (χ1) is 38.9. The van der Waals surface area contributed by atoms with Crippen molar-refractivity contribution in [3.63, 3.8) is 0 Å². The minimum atomic E-state index is -0.322. The van der Waals surface area contributed by atoms with Gasteiger partial charge in [-0.25, -0.2) is 4.98 Å². The number of fused-ring (bicyclic) bond motifs is 3. The first-order valence-corrected chi connectivity index (χ1v) is 27.0. The van der Waals surface area contributed by atoms with Crippen LogP contribution >= 0.6 is 0 Å². The number of imidazole rings is 1. The first-order valence-electron chi connectivity index (χ1n) is 27.0.